The van der Waals surface area contributed by atoms with Crippen LogP contribution in [-0.2, 0) is 6.54 Å². The van der Waals surface area contributed by atoms with Crippen molar-refractivity contribution in [1.82, 2.24) is 4.90 Å². The first-order valence-corrected chi connectivity index (χ1v) is 7.37. The van der Waals surface area contributed by atoms with Crippen molar-refractivity contribution < 1.29 is 4.74 Å². The van der Waals surface area contributed by atoms with Gasteiger partial charge in [0, 0.05) is 23.9 Å². The third-order valence-electron chi connectivity index (χ3n) is 4.11. The van der Waals surface area contributed by atoms with Crippen LogP contribution in [0.25, 0.3) is 0 Å². The van der Waals surface area contributed by atoms with Crippen LogP contribution >= 0.6 is 0 Å². The number of nitrogen functional groups attached to an aromatic ring is 1. The maximum Gasteiger partial charge on any atom is 0.125 e. The molecule has 0 unspecified atom stereocenters. The zero-order valence-electron chi connectivity index (χ0n) is 12.2. The smallest absolute Gasteiger partial charge is 0.125 e. The summed E-state index contributed by atoms with van der Waals surface area (Å²) in [6.45, 7) is 5.67. The van der Waals surface area contributed by atoms with E-state index in [2.05, 4.69) is 17.9 Å². The Morgan fingerprint density at radius 1 is 1.32 bits per heavy atom. The van der Waals surface area contributed by atoms with E-state index in [0.717, 1.165) is 23.9 Å². The number of hydrogen-bond acceptors (Lipinski definition) is 3. The predicted molar refractivity (Wildman–Crippen MR) is 80.3 cm³/mol. The van der Waals surface area contributed by atoms with E-state index < -0.39 is 0 Å². The van der Waals surface area contributed by atoms with Crippen molar-refractivity contribution in [3.63, 3.8) is 0 Å². The molecule has 0 aliphatic carbocycles. The standard InChI is InChI=1S/C16H26N2O/c1-3-4-13-7-9-18(10-8-13)12-14-5-6-15(17)11-16(14)19-2/h5-6,11,13H,3-4,7-10,12,17H2,1-2H3. The van der Waals surface area contributed by atoms with Crippen molar-refractivity contribution in [2.24, 2.45) is 5.92 Å². The number of nitrogens with zero attached hydrogens (tertiary/aromatic N) is 1. The number of rotatable bonds is 5. The molecule has 1 aliphatic rings. The number of anilines is 1. The summed E-state index contributed by atoms with van der Waals surface area (Å²) < 4.78 is 5.42. The molecule has 1 fully saturated rings. The average molecular weight is 262 g/mol. The average Bonchev–Trinajstić information content (AvgIpc) is 2.43. The van der Waals surface area contributed by atoms with Gasteiger partial charge in [-0.2, -0.15) is 0 Å². The molecule has 0 amide bonds. The first kappa shape index (κ1) is 14.2. The molecule has 0 spiro atoms. The molecule has 0 bridgehead atoms. The number of methoxy groups -OCH3 is 1. The summed E-state index contributed by atoms with van der Waals surface area (Å²) in [5, 5.41) is 0. The van der Waals surface area contributed by atoms with E-state index in [-0.39, 0.29) is 0 Å². The predicted octanol–water partition coefficient (Wildman–Crippen LogP) is 3.29. The Labute approximate surface area is 116 Å². The Balaban J connectivity index is 1.92. The van der Waals surface area contributed by atoms with Crippen LogP contribution in [0.1, 0.15) is 38.2 Å². The Morgan fingerprint density at radius 2 is 2.05 bits per heavy atom. The highest BCUT2D eigenvalue weighted by Crippen LogP contribution is 2.26. The van der Waals surface area contributed by atoms with Gasteiger partial charge in [-0.15, -0.1) is 0 Å². The second kappa shape index (κ2) is 6.80. The second-order valence-electron chi connectivity index (χ2n) is 5.58. The number of hydrogen-bond donors (Lipinski definition) is 1. The SMILES string of the molecule is CCCC1CCN(Cc2ccc(N)cc2OC)CC1. The van der Waals surface area contributed by atoms with Gasteiger partial charge < -0.3 is 10.5 Å². The van der Waals surface area contributed by atoms with Gasteiger partial charge in [-0.1, -0.05) is 25.8 Å². The van der Waals surface area contributed by atoms with E-state index in [1.165, 1.54) is 44.3 Å². The lowest BCUT2D eigenvalue weighted by Gasteiger charge is -2.32. The Kier molecular flexibility index (Phi) is 5.08. The van der Waals surface area contributed by atoms with Gasteiger partial charge in [0.25, 0.3) is 0 Å². The molecule has 0 atom stereocenters. The number of nitrogens with two attached hydrogens (primary N) is 1. The van der Waals surface area contributed by atoms with Gasteiger partial charge in [0.1, 0.15) is 5.75 Å². The quantitative estimate of drug-likeness (QED) is 0.828. The van der Waals surface area contributed by atoms with Gasteiger partial charge in [0.05, 0.1) is 7.11 Å². The minimum atomic E-state index is 0.766. The lowest BCUT2D eigenvalue weighted by molar-refractivity contribution is 0.170. The van der Waals surface area contributed by atoms with E-state index in [0.29, 0.717) is 0 Å². The van der Waals surface area contributed by atoms with E-state index >= 15 is 0 Å². The third-order valence-corrected chi connectivity index (χ3v) is 4.11. The molecule has 1 saturated heterocycles. The first-order valence-electron chi connectivity index (χ1n) is 7.37. The van der Waals surface area contributed by atoms with Crippen molar-refractivity contribution in [3.8, 4) is 5.75 Å². The topological polar surface area (TPSA) is 38.5 Å². The Hall–Kier alpha value is -1.22. The fraction of sp³-hybridized carbons (Fsp3) is 0.625. The van der Waals surface area contributed by atoms with Crippen LogP contribution in [0.2, 0.25) is 0 Å². The van der Waals surface area contributed by atoms with Crippen LogP contribution in [0.5, 0.6) is 5.75 Å². The molecule has 3 heteroatoms. The molecule has 106 valence electrons. The summed E-state index contributed by atoms with van der Waals surface area (Å²) in [5.74, 6) is 1.85. The number of ether oxygens (including phenoxy) is 1. The summed E-state index contributed by atoms with van der Waals surface area (Å²) in [6.07, 6.45) is 5.38. The summed E-state index contributed by atoms with van der Waals surface area (Å²) in [5.41, 5.74) is 7.80. The van der Waals surface area contributed by atoms with Crippen LogP contribution in [0.4, 0.5) is 5.69 Å². The van der Waals surface area contributed by atoms with E-state index in [4.69, 9.17) is 10.5 Å². The zero-order chi connectivity index (χ0) is 13.7. The Bertz CT molecular complexity index is 398. The number of likely N-dealkylation sites (tertiary alicyclic amines) is 1. The van der Waals surface area contributed by atoms with Gasteiger partial charge >= 0.3 is 0 Å². The molecule has 19 heavy (non-hydrogen) atoms. The molecule has 0 aromatic heterocycles. The summed E-state index contributed by atoms with van der Waals surface area (Å²) in [6, 6.07) is 5.97. The van der Waals surface area contributed by atoms with E-state index in [1.807, 2.05) is 12.1 Å². The fourth-order valence-corrected chi connectivity index (χ4v) is 2.97. The zero-order valence-corrected chi connectivity index (χ0v) is 12.2. The van der Waals surface area contributed by atoms with Crippen LogP contribution in [-0.4, -0.2) is 25.1 Å². The number of piperidine rings is 1. The fourth-order valence-electron chi connectivity index (χ4n) is 2.97. The maximum absolute atomic E-state index is 5.79. The van der Waals surface area contributed by atoms with Gasteiger partial charge in [0.15, 0.2) is 0 Å². The summed E-state index contributed by atoms with van der Waals surface area (Å²) >= 11 is 0. The number of benzene rings is 1. The largest absolute Gasteiger partial charge is 0.496 e. The summed E-state index contributed by atoms with van der Waals surface area (Å²) in [4.78, 5) is 2.53. The normalized spacial score (nSPS) is 17.6. The lowest BCUT2D eigenvalue weighted by atomic mass is 9.92. The van der Waals surface area contributed by atoms with Crippen molar-refractivity contribution >= 4 is 5.69 Å². The summed E-state index contributed by atoms with van der Waals surface area (Å²) in [7, 11) is 1.71. The minimum Gasteiger partial charge on any atom is -0.496 e. The third kappa shape index (κ3) is 3.87. The molecule has 2 N–H and O–H groups in total. The molecule has 0 radical (unpaired) electrons. The minimum absolute atomic E-state index is 0.766. The van der Waals surface area contributed by atoms with Gasteiger partial charge in [0.2, 0.25) is 0 Å². The highest BCUT2D eigenvalue weighted by molar-refractivity contribution is 5.48. The van der Waals surface area contributed by atoms with Crippen LogP contribution in [0, 0.1) is 5.92 Å². The van der Waals surface area contributed by atoms with Gasteiger partial charge in [-0.3, -0.25) is 4.90 Å². The first-order chi connectivity index (χ1) is 9.22. The molecule has 3 nitrogen and oxygen atoms in total. The maximum atomic E-state index is 5.79. The van der Waals surface area contributed by atoms with Crippen LogP contribution < -0.4 is 10.5 Å². The lowest BCUT2D eigenvalue weighted by Crippen LogP contribution is -2.33. The monoisotopic (exact) mass is 262 g/mol. The highest BCUT2D eigenvalue weighted by Gasteiger charge is 2.19. The molecule has 1 aliphatic heterocycles. The van der Waals surface area contributed by atoms with Crippen molar-refractivity contribution in [2.45, 2.75) is 39.2 Å². The van der Waals surface area contributed by atoms with Crippen LogP contribution in [0.3, 0.4) is 0 Å². The van der Waals surface area contributed by atoms with Crippen molar-refractivity contribution in [2.75, 3.05) is 25.9 Å². The molecule has 1 aromatic rings. The molecule has 0 saturated carbocycles. The van der Waals surface area contributed by atoms with E-state index in [1.54, 1.807) is 7.11 Å². The molecule has 2 rings (SSSR count). The molecular formula is C16H26N2O. The van der Waals surface area contributed by atoms with E-state index in [9.17, 15) is 0 Å². The van der Waals surface area contributed by atoms with Crippen molar-refractivity contribution in [1.29, 1.82) is 0 Å². The molecule has 1 aromatic carbocycles. The van der Waals surface area contributed by atoms with Crippen LogP contribution in [0.15, 0.2) is 18.2 Å². The van der Waals surface area contributed by atoms with Gasteiger partial charge in [-0.25, -0.2) is 0 Å². The molecule has 1 heterocycles. The Morgan fingerprint density at radius 3 is 2.68 bits per heavy atom. The second-order valence-corrected chi connectivity index (χ2v) is 5.58. The highest BCUT2D eigenvalue weighted by atomic mass is 16.5. The van der Waals surface area contributed by atoms with Gasteiger partial charge in [-0.05, 0) is 37.9 Å². The molecular weight excluding hydrogens is 236 g/mol. The van der Waals surface area contributed by atoms with Crippen molar-refractivity contribution in [3.05, 3.63) is 23.8 Å².